The number of carbonyl (C=O) groups is 1. The van der Waals surface area contributed by atoms with Crippen molar-refractivity contribution in [3.8, 4) is 11.4 Å². The van der Waals surface area contributed by atoms with E-state index in [1.165, 1.54) is 11.3 Å². The fourth-order valence-corrected chi connectivity index (χ4v) is 2.83. The molecule has 0 aliphatic rings. The number of hydrogen-bond donors (Lipinski definition) is 1. The molecular weight excluding hydrogens is 262 g/mol. The average Bonchev–Trinajstić information content (AvgIpc) is 2.77. The van der Waals surface area contributed by atoms with Crippen molar-refractivity contribution in [1.29, 1.82) is 0 Å². The highest BCUT2D eigenvalue weighted by Gasteiger charge is 2.16. The van der Waals surface area contributed by atoms with Crippen LogP contribution in [0.5, 0.6) is 0 Å². The molecular formula is C13H9N3O2S. The van der Waals surface area contributed by atoms with Gasteiger partial charge in [0.25, 0.3) is 0 Å². The lowest BCUT2D eigenvalue weighted by molar-refractivity contribution is 0.0701. The molecule has 6 heteroatoms. The highest BCUT2D eigenvalue weighted by Crippen LogP contribution is 2.30. The average molecular weight is 271 g/mol. The monoisotopic (exact) mass is 271 g/mol. The standard InChI is InChI=1S/C13H9N3O2S/c1-7-9-6-15-11(8-3-2-4-14-5-8)16-12(9)19-10(7)13(17)18/h2-6H,1H3,(H,17,18). The molecule has 0 radical (unpaired) electrons. The maximum atomic E-state index is 11.1. The maximum absolute atomic E-state index is 11.1. The summed E-state index contributed by atoms with van der Waals surface area (Å²) in [5.74, 6) is -0.373. The van der Waals surface area contributed by atoms with E-state index in [1.54, 1.807) is 25.5 Å². The Morgan fingerprint density at radius 2 is 2.21 bits per heavy atom. The summed E-state index contributed by atoms with van der Waals surface area (Å²) in [5.41, 5.74) is 1.53. The van der Waals surface area contributed by atoms with E-state index in [0.717, 1.165) is 10.9 Å². The minimum Gasteiger partial charge on any atom is -0.477 e. The molecule has 0 fully saturated rings. The van der Waals surface area contributed by atoms with Crippen LogP contribution in [-0.2, 0) is 0 Å². The lowest BCUT2D eigenvalue weighted by Crippen LogP contribution is -1.93. The van der Waals surface area contributed by atoms with Gasteiger partial charge in [-0.05, 0) is 24.6 Å². The Bertz CT molecular complexity index is 768. The van der Waals surface area contributed by atoms with Crippen molar-refractivity contribution in [2.75, 3.05) is 0 Å². The first kappa shape index (κ1) is 11.7. The van der Waals surface area contributed by atoms with Crippen LogP contribution in [0.25, 0.3) is 21.6 Å². The van der Waals surface area contributed by atoms with Crippen LogP contribution in [0.3, 0.4) is 0 Å². The molecule has 3 aromatic heterocycles. The van der Waals surface area contributed by atoms with Crippen LogP contribution in [0.15, 0.2) is 30.7 Å². The topological polar surface area (TPSA) is 76.0 Å². The van der Waals surface area contributed by atoms with E-state index in [1.807, 2.05) is 12.1 Å². The summed E-state index contributed by atoms with van der Waals surface area (Å²) in [5, 5.41) is 9.89. The minimum atomic E-state index is -0.927. The number of nitrogens with zero attached hydrogens (tertiary/aromatic N) is 3. The van der Waals surface area contributed by atoms with Gasteiger partial charge < -0.3 is 5.11 Å². The number of carboxylic acids is 1. The molecule has 3 aromatic rings. The Morgan fingerprint density at radius 3 is 2.89 bits per heavy atom. The molecule has 0 unspecified atom stereocenters. The molecule has 0 aliphatic heterocycles. The van der Waals surface area contributed by atoms with E-state index in [2.05, 4.69) is 15.0 Å². The van der Waals surface area contributed by atoms with Crippen LogP contribution < -0.4 is 0 Å². The number of pyridine rings is 1. The Hall–Kier alpha value is -2.34. The second-order valence-corrected chi connectivity index (χ2v) is 5.01. The molecule has 1 N–H and O–H groups in total. The van der Waals surface area contributed by atoms with E-state index in [0.29, 0.717) is 21.1 Å². The summed E-state index contributed by atoms with van der Waals surface area (Å²) in [4.78, 5) is 24.8. The predicted octanol–water partition coefficient (Wildman–Crippen LogP) is 2.76. The fraction of sp³-hybridized carbons (Fsp3) is 0.0769. The van der Waals surface area contributed by atoms with Crippen molar-refractivity contribution in [3.05, 3.63) is 41.2 Å². The number of fused-ring (bicyclic) bond motifs is 1. The third kappa shape index (κ3) is 1.96. The summed E-state index contributed by atoms with van der Waals surface area (Å²) < 4.78 is 0. The van der Waals surface area contributed by atoms with E-state index in [-0.39, 0.29) is 0 Å². The molecule has 19 heavy (non-hydrogen) atoms. The van der Waals surface area contributed by atoms with Crippen LogP contribution in [0.1, 0.15) is 15.2 Å². The lowest BCUT2D eigenvalue weighted by Gasteiger charge is -1.98. The quantitative estimate of drug-likeness (QED) is 0.775. The van der Waals surface area contributed by atoms with Crippen molar-refractivity contribution < 1.29 is 9.90 Å². The van der Waals surface area contributed by atoms with E-state index in [9.17, 15) is 4.79 Å². The molecule has 94 valence electrons. The van der Waals surface area contributed by atoms with Crippen LogP contribution in [0.2, 0.25) is 0 Å². The van der Waals surface area contributed by atoms with Crippen molar-refractivity contribution >= 4 is 27.5 Å². The summed E-state index contributed by atoms with van der Waals surface area (Å²) in [7, 11) is 0. The number of aryl methyl sites for hydroxylation is 1. The zero-order valence-corrected chi connectivity index (χ0v) is 10.8. The summed E-state index contributed by atoms with van der Waals surface area (Å²) in [6.07, 6.45) is 5.03. The molecule has 0 aliphatic carbocycles. The Morgan fingerprint density at radius 1 is 1.37 bits per heavy atom. The first-order valence-electron chi connectivity index (χ1n) is 5.56. The number of rotatable bonds is 2. The largest absolute Gasteiger partial charge is 0.477 e. The van der Waals surface area contributed by atoms with Gasteiger partial charge in [-0.2, -0.15) is 0 Å². The first-order valence-corrected chi connectivity index (χ1v) is 6.38. The molecule has 0 spiro atoms. The van der Waals surface area contributed by atoms with Crippen LogP contribution >= 0.6 is 11.3 Å². The normalized spacial score (nSPS) is 10.8. The zero-order valence-electron chi connectivity index (χ0n) is 9.99. The zero-order chi connectivity index (χ0) is 13.4. The van der Waals surface area contributed by atoms with Gasteiger partial charge in [0.15, 0.2) is 5.82 Å². The minimum absolute atomic E-state index is 0.313. The van der Waals surface area contributed by atoms with Gasteiger partial charge in [0.1, 0.15) is 9.71 Å². The van der Waals surface area contributed by atoms with Gasteiger partial charge in [0.05, 0.1) is 0 Å². The second-order valence-electron chi connectivity index (χ2n) is 4.02. The van der Waals surface area contributed by atoms with Crippen molar-refractivity contribution in [2.45, 2.75) is 6.92 Å². The van der Waals surface area contributed by atoms with Crippen LogP contribution in [0, 0.1) is 6.92 Å². The Kier molecular flexibility index (Phi) is 2.72. The number of aromatic nitrogens is 3. The third-order valence-electron chi connectivity index (χ3n) is 2.81. The van der Waals surface area contributed by atoms with Gasteiger partial charge in [-0.1, -0.05) is 0 Å². The van der Waals surface area contributed by atoms with Crippen LogP contribution in [0.4, 0.5) is 0 Å². The molecule has 0 aromatic carbocycles. The molecule has 0 amide bonds. The Labute approximate surface area is 112 Å². The molecule has 3 heterocycles. The van der Waals surface area contributed by atoms with Gasteiger partial charge in [-0.15, -0.1) is 11.3 Å². The summed E-state index contributed by atoms with van der Waals surface area (Å²) >= 11 is 1.17. The van der Waals surface area contributed by atoms with Gasteiger partial charge in [-0.25, -0.2) is 14.8 Å². The Balaban J connectivity index is 2.19. The lowest BCUT2D eigenvalue weighted by atomic mass is 10.2. The molecule has 0 saturated heterocycles. The number of carboxylic acid groups (broad SMARTS) is 1. The maximum Gasteiger partial charge on any atom is 0.346 e. The van der Waals surface area contributed by atoms with Gasteiger partial charge in [0.2, 0.25) is 0 Å². The van der Waals surface area contributed by atoms with Crippen molar-refractivity contribution in [3.63, 3.8) is 0 Å². The van der Waals surface area contributed by atoms with Gasteiger partial charge >= 0.3 is 5.97 Å². The third-order valence-corrected chi connectivity index (χ3v) is 4.00. The van der Waals surface area contributed by atoms with Gasteiger partial charge in [0, 0.05) is 29.5 Å². The summed E-state index contributed by atoms with van der Waals surface area (Å²) in [6.45, 7) is 1.77. The fourth-order valence-electron chi connectivity index (χ4n) is 1.83. The number of hydrogen-bond acceptors (Lipinski definition) is 5. The highest BCUT2D eigenvalue weighted by molar-refractivity contribution is 7.20. The van der Waals surface area contributed by atoms with Gasteiger partial charge in [-0.3, -0.25) is 4.98 Å². The van der Waals surface area contributed by atoms with E-state index < -0.39 is 5.97 Å². The second kappa shape index (κ2) is 4.40. The highest BCUT2D eigenvalue weighted by atomic mass is 32.1. The SMILES string of the molecule is Cc1c(C(=O)O)sc2nc(-c3cccnc3)ncc12. The number of aromatic carboxylic acids is 1. The first-order chi connectivity index (χ1) is 9.16. The molecule has 0 saturated carbocycles. The molecule has 5 nitrogen and oxygen atoms in total. The molecule has 0 bridgehead atoms. The predicted molar refractivity (Wildman–Crippen MR) is 72.3 cm³/mol. The van der Waals surface area contributed by atoms with Crippen molar-refractivity contribution in [1.82, 2.24) is 15.0 Å². The van der Waals surface area contributed by atoms with Crippen molar-refractivity contribution in [2.24, 2.45) is 0 Å². The van der Waals surface area contributed by atoms with Crippen LogP contribution in [-0.4, -0.2) is 26.0 Å². The number of thiophene rings is 1. The summed E-state index contributed by atoms with van der Waals surface area (Å²) in [6, 6.07) is 3.68. The van der Waals surface area contributed by atoms with E-state index in [4.69, 9.17) is 5.11 Å². The molecule has 0 atom stereocenters. The smallest absolute Gasteiger partial charge is 0.346 e. The van der Waals surface area contributed by atoms with E-state index >= 15 is 0 Å². The molecule has 3 rings (SSSR count).